The maximum absolute atomic E-state index is 11.3. The molecule has 1 rings (SSSR count). The summed E-state index contributed by atoms with van der Waals surface area (Å²) in [5, 5.41) is 10.4. The van der Waals surface area contributed by atoms with Crippen LogP contribution in [0.5, 0.6) is 0 Å². The van der Waals surface area contributed by atoms with Gasteiger partial charge in [-0.25, -0.2) is 0 Å². The minimum absolute atomic E-state index is 0.102. The van der Waals surface area contributed by atoms with Gasteiger partial charge < -0.3 is 20.2 Å². The van der Waals surface area contributed by atoms with E-state index in [2.05, 4.69) is 15.5 Å². The van der Waals surface area contributed by atoms with Crippen LogP contribution in [-0.2, 0) is 16.1 Å². The second-order valence-corrected chi connectivity index (χ2v) is 3.72. The van der Waals surface area contributed by atoms with E-state index in [0.29, 0.717) is 24.3 Å². The standard InChI is InChI=1S/C8H14N4O3S/c1-14-3-2-10-6(13)5-16-8-12-11-7(4-9)15-8/h2-5,9H2,1H3,(H,10,13). The molecule has 0 spiro atoms. The molecular weight excluding hydrogens is 232 g/mol. The summed E-state index contributed by atoms with van der Waals surface area (Å²) in [5.41, 5.74) is 5.30. The molecule has 0 saturated carbocycles. The molecule has 0 aliphatic rings. The highest BCUT2D eigenvalue weighted by molar-refractivity contribution is 7.99. The van der Waals surface area contributed by atoms with E-state index in [-0.39, 0.29) is 18.2 Å². The van der Waals surface area contributed by atoms with Crippen LogP contribution in [0.1, 0.15) is 5.89 Å². The third-order valence-electron chi connectivity index (χ3n) is 1.58. The molecule has 1 amide bonds. The molecule has 0 unspecified atom stereocenters. The molecule has 0 bridgehead atoms. The summed E-state index contributed by atoms with van der Waals surface area (Å²) in [5.74, 6) is 0.493. The molecule has 0 atom stereocenters. The Morgan fingerprint density at radius 1 is 1.62 bits per heavy atom. The maximum Gasteiger partial charge on any atom is 0.277 e. The summed E-state index contributed by atoms with van der Waals surface area (Å²) in [6.07, 6.45) is 0. The fraction of sp³-hybridized carbons (Fsp3) is 0.625. The van der Waals surface area contributed by atoms with Gasteiger partial charge in [0.05, 0.1) is 18.9 Å². The topological polar surface area (TPSA) is 103 Å². The van der Waals surface area contributed by atoms with E-state index in [9.17, 15) is 4.79 Å². The highest BCUT2D eigenvalue weighted by Crippen LogP contribution is 2.14. The number of nitrogens with one attached hydrogen (secondary N) is 1. The molecule has 1 aromatic heterocycles. The van der Waals surface area contributed by atoms with Crippen LogP contribution in [0.25, 0.3) is 0 Å². The van der Waals surface area contributed by atoms with Crippen molar-refractivity contribution in [3.05, 3.63) is 5.89 Å². The Hall–Kier alpha value is -1.12. The van der Waals surface area contributed by atoms with Gasteiger partial charge in [-0.05, 0) is 0 Å². The smallest absolute Gasteiger partial charge is 0.277 e. The molecule has 1 aromatic rings. The van der Waals surface area contributed by atoms with Gasteiger partial charge in [0.15, 0.2) is 0 Å². The average molecular weight is 246 g/mol. The zero-order valence-electron chi connectivity index (χ0n) is 8.93. The Bertz CT molecular complexity index is 331. The fourth-order valence-corrected chi connectivity index (χ4v) is 1.46. The van der Waals surface area contributed by atoms with E-state index in [1.165, 1.54) is 11.8 Å². The molecular formula is C8H14N4O3S. The first-order valence-corrected chi connectivity index (χ1v) is 5.65. The van der Waals surface area contributed by atoms with E-state index in [1.54, 1.807) is 7.11 Å². The number of nitrogens with zero attached hydrogens (tertiary/aromatic N) is 2. The lowest BCUT2D eigenvalue weighted by Crippen LogP contribution is -2.28. The lowest BCUT2D eigenvalue weighted by Gasteiger charge is -2.01. The quantitative estimate of drug-likeness (QED) is 0.488. The number of thioether (sulfide) groups is 1. The lowest BCUT2D eigenvalue weighted by molar-refractivity contribution is -0.118. The molecule has 3 N–H and O–H groups in total. The normalized spacial score (nSPS) is 10.4. The number of carbonyl (C=O) groups is 1. The highest BCUT2D eigenvalue weighted by atomic mass is 32.2. The van der Waals surface area contributed by atoms with E-state index in [1.807, 2.05) is 0 Å². The van der Waals surface area contributed by atoms with Crippen LogP contribution in [0.4, 0.5) is 0 Å². The van der Waals surface area contributed by atoms with Crippen LogP contribution < -0.4 is 11.1 Å². The Morgan fingerprint density at radius 3 is 3.06 bits per heavy atom. The first-order valence-electron chi connectivity index (χ1n) is 4.67. The van der Waals surface area contributed by atoms with Gasteiger partial charge in [-0.2, -0.15) is 0 Å². The summed E-state index contributed by atoms with van der Waals surface area (Å²) in [6, 6.07) is 0. The Kier molecular flexibility index (Phi) is 5.83. The zero-order valence-corrected chi connectivity index (χ0v) is 9.75. The van der Waals surface area contributed by atoms with Gasteiger partial charge in [0.1, 0.15) is 0 Å². The number of aromatic nitrogens is 2. The number of methoxy groups -OCH3 is 1. The first-order chi connectivity index (χ1) is 7.76. The summed E-state index contributed by atoms with van der Waals surface area (Å²) < 4.78 is 9.92. The molecule has 8 heteroatoms. The van der Waals surface area contributed by atoms with Gasteiger partial charge >= 0.3 is 0 Å². The van der Waals surface area contributed by atoms with Gasteiger partial charge in [-0.1, -0.05) is 11.8 Å². The van der Waals surface area contributed by atoms with Crippen LogP contribution in [0.2, 0.25) is 0 Å². The number of hydrogen-bond acceptors (Lipinski definition) is 7. The van der Waals surface area contributed by atoms with Crippen molar-refractivity contribution in [3.63, 3.8) is 0 Å². The fourth-order valence-electron chi connectivity index (χ4n) is 0.850. The Labute approximate surface area is 97.1 Å². The minimum atomic E-state index is -0.102. The van der Waals surface area contributed by atoms with Gasteiger partial charge in [-0.15, -0.1) is 10.2 Å². The summed E-state index contributed by atoms with van der Waals surface area (Å²) >= 11 is 1.17. The molecule has 0 aliphatic heterocycles. The second-order valence-electron chi connectivity index (χ2n) is 2.80. The van der Waals surface area contributed by atoms with Crippen molar-refractivity contribution < 1.29 is 13.9 Å². The molecule has 16 heavy (non-hydrogen) atoms. The number of amides is 1. The van der Waals surface area contributed by atoms with E-state index >= 15 is 0 Å². The van der Waals surface area contributed by atoms with Gasteiger partial charge in [-0.3, -0.25) is 4.79 Å². The number of carbonyl (C=O) groups excluding carboxylic acids is 1. The summed E-state index contributed by atoms with van der Waals surface area (Å²) in [6.45, 7) is 1.19. The number of ether oxygens (including phenoxy) is 1. The van der Waals surface area contributed by atoms with Crippen LogP contribution in [0.3, 0.4) is 0 Å². The molecule has 0 radical (unpaired) electrons. The second kappa shape index (κ2) is 7.20. The molecule has 0 saturated heterocycles. The number of hydrogen-bond donors (Lipinski definition) is 2. The minimum Gasteiger partial charge on any atom is -0.415 e. The van der Waals surface area contributed by atoms with Crippen LogP contribution >= 0.6 is 11.8 Å². The number of nitrogens with two attached hydrogens (primary N) is 1. The molecule has 7 nitrogen and oxygen atoms in total. The van der Waals surface area contributed by atoms with Crippen molar-refractivity contribution in [1.29, 1.82) is 0 Å². The zero-order chi connectivity index (χ0) is 11.8. The molecule has 0 aromatic carbocycles. The third-order valence-corrected chi connectivity index (χ3v) is 2.40. The predicted octanol–water partition coefficient (Wildman–Crippen LogP) is -0.617. The Balaban J connectivity index is 2.20. The van der Waals surface area contributed by atoms with Crippen LogP contribution in [0, 0.1) is 0 Å². The SMILES string of the molecule is COCCNC(=O)CSc1nnc(CN)o1. The van der Waals surface area contributed by atoms with Gasteiger partial charge in [0.25, 0.3) is 5.22 Å². The largest absolute Gasteiger partial charge is 0.415 e. The summed E-state index contributed by atoms with van der Waals surface area (Å²) in [4.78, 5) is 11.3. The lowest BCUT2D eigenvalue weighted by atomic mass is 10.6. The Morgan fingerprint density at radius 2 is 2.44 bits per heavy atom. The van der Waals surface area contributed by atoms with Crippen LogP contribution in [-0.4, -0.2) is 42.1 Å². The maximum atomic E-state index is 11.3. The molecule has 90 valence electrons. The van der Waals surface area contributed by atoms with Crippen molar-refractivity contribution in [2.75, 3.05) is 26.0 Å². The van der Waals surface area contributed by atoms with Crippen molar-refractivity contribution in [1.82, 2.24) is 15.5 Å². The first kappa shape index (κ1) is 12.9. The van der Waals surface area contributed by atoms with E-state index in [0.717, 1.165) is 0 Å². The number of rotatable bonds is 7. The van der Waals surface area contributed by atoms with Crippen molar-refractivity contribution >= 4 is 17.7 Å². The van der Waals surface area contributed by atoms with Crippen molar-refractivity contribution in [2.45, 2.75) is 11.8 Å². The molecule has 1 heterocycles. The van der Waals surface area contributed by atoms with Gasteiger partial charge in [0, 0.05) is 13.7 Å². The summed E-state index contributed by atoms with van der Waals surface area (Å²) in [7, 11) is 1.58. The third kappa shape index (κ3) is 4.60. The van der Waals surface area contributed by atoms with Crippen molar-refractivity contribution in [2.24, 2.45) is 5.73 Å². The van der Waals surface area contributed by atoms with E-state index < -0.39 is 0 Å². The predicted molar refractivity (Wildman–Crippen MR) is 57.8 cm³/mol. The molecule has 0 aliphatic carbocycles. The average Bonchev–Trinajstić information content (AvgIpc) is 2.74. The van der Waals surface area contributed by atoms with Crippen LogP contribution in [0.15, 0.2) is 9.64 Å². The highest BCUT2D eigenvalue weighted by Gasteiger charge is 2.08. The molecule has 0 fully saturated rings. The van der Waals surface area contributed by atoms with Crippen molar-refractivity contribution in [3.8, 4) is 0 Å². The van der Waals surface area contributed by atoms with Gasteiger partial charge in [0.2, 0.25) is 11.8 Å². The monoisotopic (exact) mass is 246 g/mol. The van der Waals surface area contributed by atoms with E-state index in [4.69, 9.17) is 14.9 Å².